The first-order valence-corrected chi connectivity index (χ1v) is 4.62. The first-order chi connectivity index (χ1) is 7.77. The monoisotopic (exact) mass is 205 g/mol. The molecule has 14 heavy (non-hydrogen) atoms. The average molecular weight is 205 g/mol. The highest BCUT2D eigenvalue weighted by Crippen LogP contribution is 2.24. The molecule has 82 valence electrons. The second kappa shape index (κ2) is 5.62. The first-order valence-electron chi connectivity index (χ1n) is 6.12. The van der Waals surface area contributed by atoms with E-state index in [1.165, 1.54) is 6.92 Å². The highest BCUT2D eigenvalue weighted by molar-refractivity contribution is 5.99. The standard InChI is InChI=1S/C10H18O4/c1-5-10(4,8(11)13-6-2)9(12)14-7-3/h5-7H2,1-4H3/i4D3. The minimum Gasteiger partial charge on any atom is -0.465 e. The van der Waals surface area contributed by atoms with E-state index in [1.807, 2.05) is 0 Å². The highest BCUT2D eigenvalue weighted by atomic mass is 16.6. The zero-order valence-corrected chi connectivity index (χ0v) is 8.75. The fraction of sp³-hybridized carbons (Fsp3) is 0.800. The van der Waals surface area contributed by atoms with Gasteiger partial charge in [-0.1, -0.05) is 6.92 Å². The molecule has 0 spiro atoms. The van der Waals surface area contributed by atoms with Crippen LogP contribution in [0.15, 0.2) is 0 Å². The normalized spacial score (nSPS) is 14.9. The lowest BCUT2D eigenvalue weighted by molar-refractivity contribution is -0.170. The lowest BCUT2D eigenvalue weighted by Gasteiger charge is -2.22. The molecular formula is C10H18O4. The van der Waals surface area contributed by atoms with Gasteiger partial charge in [0.05, 0.1) is 13.2 Å². The maximum atomic E-state index is 11.8. The molecule has 0 aromatic rings. The molecule has 0 aliphatic carbocycles. The predicted octanol–water partition coefficient (Wildman–Crippen LogP) is 1.53. The zero-order chi connectivity index (χ0) is 13.7. The summed E-state index contributed by atoms with van der Waals surface area (Å²) in [5.74, 6) is -2.11. The smallest absolute Gasteiger partial charge is 0.323 e. The van der Waals surface area contributed by atoms with Crippen LogP contribution in [0.1, 0.15) is 38.2 Å². The Morgan fingerprint density at radius 3 is 1.79 bits per heavy atom. The van der Waals surface area contributed by atoms with Crippen molar-refractivity contribution in [1.29, 1.82) is 0 Å². The van der Waals surface area contributed by atoms with Gasteiger partial charge in [0.2, 0.25) is 0 Å². The van der Waals surface area contributed by atoms with Crippen LogP contribution in [0.4, 0.5) is 0 Å². The molecule has 0 heterocycles. The number of carbonyl (C=O) groups excluding carboxylic acids is 2. The van der Waals surface area contributed by atoms with Crippen LogP contribution in [-0.2, 0) is 19.1 Å². The van der Waals surface area contributed by atoms with Gasteiger partial charge in [-0.15, -0.1) is 0 Å². The largest absolute Gasteiger partial charge is 0.465 e. The van der Waals surface area contributed by atoms with Crippen LogP contribution in [-0.4, -0.2) is 25.2 Å². The fourth-order valence-electron chi connectivity index (χ4n) is 0.881. The van der Waals surface area contributed by atoms with Crippen molar-refractivity contribution in [3.63, 3.8) is 0 Å². The number of hydrogen-bond donors (Lipinski definition) is 0. The Kier molecular flexibility index (Phi) is 3.32. The van der Waals surface area contributed by atoms with E-state index in [-0.39, 0.29) is 19.6 Å². The lowest BCUT2D eigenvalue weighted by Crippen LogP contribution is -2.38. The molecular weight excluding hydrogens is 184 g/mol. The number of hydrogen-bond acceptors (Lipinski definition) is 4. The first kappa shape index (κ1) is 8.26. The molecule has 0 aliphatic rings. The Morgan fingerprint density at radius 1 is 1.14 bits per heavy atom. The van der Waals surface area contributed by atoms with Crippen molar-refractivity contribution in [3.8, 4) is 0 Å². The maximum Gasteiger partial charge on any atom is 0.323 e. The number of rotatable bonds is 5. The molecule has 4 nitrogen and oxygen atoms in total. The molecule has 0 unspecified atom stereocenters. The average Bonchev–Trinajstić information content (AvgIpc) is 2.18. The highest BCUT2D eigenvalue weighted by Gasteiger charge is 2.42. The molecule has 0 atom stereocenters. The number of ether oxygens (including phenoxy) is 2. The summed E-state index contributed by atoms with van der Waals surface area (Å²) in [5, 5.41) is 0. The van der Waals surface area contributed by atoms with Crippen LogP contribution < -0.4 is 0 Å². The lowest BCUT2D eigenvalue weighted by atomic mass is 9.88. The second-order valence-electron chi connectivity index (χ2n) is 2.70. The minimum absolute atomic E-state index is 0.00999. The minimum atomic E-state index is -2.79. The Morgan fingerprint density at radius 2 is 1.57 bits per heavy atom. The van der Waals surface area contributed by atoms with Crippen LogP contribution >= 0.6 is 0 Å². The molecule has 0 saturated carbocycles. The molecule has 0 saturated heterocycles. The van der Waals surface area contributed by atoms with E-state index in [4.69, 9.17) is 13.6 Å². The van der Waals surface area contributed by atoms with Crippen molar-refractivity contribution in [2.45, 2.75) is 34.0 Å². The van der Waals surface area contributed by atoms with Crippen molar-refractivity contribution in [2.75, 3.05) is 13.2 Å². The van der Waals surface area contributed by atoms with E-state index in [9.17, 15) is 9.59 Å². The van der Waals surface area contributed by atoms with E-state index >= 15 is 0 Å². The van der Waals surface area contributed by atoms with Gasteiger partial charge in [-0.25, -0.2) is 0 Å². The van der Waals surface area contributed by atoms with E-state index in [1.54, 1.807) is 13.8 Å². The van der Waals surface area contributed by atoms with Crippen molar-refractivity contribution >= 4 is 11.9 Å². The molecule has 0 N–H and O–H groups in total. The zero-order valence-electron chi connectivity index (χ0n) is 11.8. The maximum absolute atomic E-state index is 11.8. The fourth-order valence-corrected chi connectivity index (χ4v) is 0.881. The third-order valence-electron chi connectivity index (χ3n) is 1.78. The van der Waals surface area contributed by atoms with Crippen molar-refractivity contribution in [1.82, 2.24) is 0 Å². The van der Waals surface area contributed by atoms with Crippen molar-refractivity contribution < 1.29 is 23.2 Å². The van der Waals surface area contributed by atoms with Crippen LogP contribution in [0.25, 0.3) is 0 Å². The van der Waals surface area contributed by atoms with E-state index in [2.05, 4.69) is 0 Å². The topological polar surface area (TPSA) is 52.6 Å². The van der Waals surface area contributed by atoms with Crippen LogP contribution in [0.3, 0.4) is 0 Å². The molecule has 0 aromatic heterocycles. The van der Waals surface area contributed by atoms with Gasteiger partial charge < -0.3 is 9.47 Å². The summed E-state index contributed by atoms with van der Waals surface area (Å²) in [6.45, 7) is 1.76. The Labute approximate surface area is 88.8 Å². The van der Waals surface area contributed by atoms with E-state index in [0.717, 1.165) is 0 Å². The van der Waals surface area contributed by atoms with Crippen molar-refractivity contribution in [2.24, 2.45) is 5.41 Å². The van der Waals surface area contributed by atoms with Gasteiger partial charge in [-0.2, -0.15) is 0 Å². The summed E-state index contributed by atoms with van der Waals surface area (Å²) in [6.07, 6.45) is -0.193. The Balaban J connectivity index is 5.46. The van der Waals surface area contributed by atoms with Gasteiger partial charge in [0.1, 0.15) is 0 Å². The Bertz CT molecular complexity index is 268. The van der Waals surface area contributed by atoms with Gasteiger partial charge in [-0.3, -0.25) is 9.59 Å². The Hall–Kier alpha value is -1.06. The molecule has 0 rings (SSSR count). The summed E-state index contributed by atoms with van der Waals surface area (Å²) in [6, 6.07) is 0. The van der Waals surface area contributed by atoms with Crippen LogP contribution in [0, 0.1) is 5.41 Å². The molecule has 4 heteroatoms. The molecule has 0 amide bonds. The molecule has 0 bridgehead atoms. The summed E-state index contributed by atoms with van der Waals surface area (Å²) in [5.41, 5.74) is -2.22. The van der Waals surface area contributed by atoms with Crippen LogP contribution in [0.5, 0.6) is 0 Å². The van der Waals surface area contributed by atoms with Crippen LogP contribution in [0.2, 0.25) is 0 Å². The number of esters is 2. The summed E-state index contributed by atoms with van der Waals surface area (Å²) in [4.78, 5) is 23.6. The summed E-state index contributed by atoms with van der Waals surface area (Å²) in [7, 11) is 0. The molecule has 0 radical (unpaired) electrons. The van der Waals surface area contributed by atoms with Crippen molar-refractivity contribution in [3.05, 3.63) is 0 Å². The summed E-state index contributed by atoms with van der Waals surface area (Å²) < 4.78 is 31.5. The SMILES string of the molecule is [2H]C([2H])([2H])C(CC)(C(=O)OCC)C(=O)OCC. The second-order valence-corrected chi connectivity index (χ2v) is 2.70. The third kappa shape index (κ3) is 2.72. The van der Waals surface area contributed by atoms with E-state index in [0.29, 0.717) is 0 Å². The molecule has 0 aliphatic heterocycles. The van der Waals surface area contributed by atoms with Gasteiger partial charge in [0.15, 0.2) is 5.41 Å². The predicted molar refractivity (Wildman–Crippen MR) is 51.7 cm³/mol. The number of carbonyl (C=O) groups is 2. The molecule has 0 fully saturated rings. The van der Waals surface area contributed by atoms with Gasteiger partial charge in [-0.05, 0) is 27.1 Å². The quantitative estimate of drug-likeness (QED) is 0.504. The van der Waals surface area contributed by atoms with Gasteiger partial charge in [0, 0.05) is 4.11 Å². The van der Waals surface area contributed by atoms with Gasteiger partial charge in [0.25, 0.3) is 0 Å². The van der Waals surface area contributed by atoms with Gasteiger partial charge >= 0.3 is 11.9 Å². The summed E-state index contributed by atoms with van der Waals surface area (Å²) >= 11 is 0. The third-order valence-corrected chi connectivity index (χ3v) is 1.78. The van der Waals surface area contributed by atoms with E-state index < -0.39 is 24.2 Å². The molecule has 0 aromatic carbocycles.